The first kappa shape index (κ1) is 18.7. The molecule has 26 heavy (non-hydrogen) atoms. The number of nitrogens with one attached hydrogen (secondary N) is 1. The molecule has 140 valence electrons. The fourth-order valence-corrected chi connectivity index (χ4v) is 4.16. The van der Waals surface area contributed by atoms with E-state index in [1.165, 1.54) is 11.3 Å². The number of esters is 1. The first-order valence-corrected chi connectivity index (χ1v) is 9.96. The van der Waals surface area contributed by atoms with Crippen LogP contribution in [0.2, 0.25) is 0 Å². The maximum Gasteiger partial charge on any atom is 0.310 e. The molecule has 5 nitrogen and oxygen atoms in total. The number of carbonyl (C=O) groups is 1. The molecule has 1 aliphatic rings. The van der Waals surface area contributed by atoms with Crippen molar-refractivity contribution in [2.75, 3.05) is 11.9 Å². The van der Waals surface area contributed by atoms with E-state index in [0.717, 1.165) is 28.7 Å². The highest BCUT2D eigenvalue weighted by molar-refractivity contribution is 7.13. The van der Waals surface area contributed by atoms with E-state index in [1.807, 2.05) is 43.5 Å². The average molecular weight is 375 g/mol. The fourth-order valence-electron chi connectivity index (χ4n) is 3.30. The SMILES string of the molecule is CCOc1ccc(Nc2nc([C@]3(C)C[C@@H](CC(C)C)C(=O)O3)cs2)cc1. The number of rotatable bonds is 7. The van der Waals surface area contributed by atoms with Crippen molar-refractivity contribution in [3.8, 4) is 5.75 Å². The minimum Gasteiger partial charge on any atom is -0.494 e. The van der Waals surface area contributed by atoms with E-state index < -0.39 is 5.60 Å². The van der Waals surface area contributed by atoms with Gasteiger partial charge in [-0.3, -0.25) is 4.79 Å². The van der Waals surface area contributed by atoms with Crippen LogP contribution in [0.15, 0.2) is 29.6 Å². The van der Waals surface area contributed by atoms with Gasteiger partial charge in [0, 0.05) is 17.5 Å². The highest BCUT2D eigenvalue weighted by atomic mass is 32.1. The lowest BCUT2D eigenvalue weighted by molar-refractivity contribution is -0.150. The van der Waals surface area contributed by atoms with Crippen molar-refractivity contribution in [3.63, 3.8) is 0 Å². The van der Waals surface area contributed by atoms with Gasteiger partial charge in [-0.15, -0.1) is 11.3 Å². The third kappa shape index (κ3) is 4.18. The van der Waals surface area contributed by atoms with Crippen LogP contribution in [-0.4, -0.2) is 17.6 Å². The zero-order chi connectivity index (χ0) is 18.7. The number of hydrogen-bond donors (Lipinski definition) is 1. The summed E-state index contributed by atoms with van der Waals surface area (Å²) in [5.74, 6) is 1.18. The molecule has 1 aliphatic heterocycles. The third-order valence-corrected chi connectivity index (χ3v) is 5.27. The summed E-state index contributed by atoms with van der Waals surface area (Å²) in [5, 5.41) is 6.06. The number of benzene rings is 1. The second-order valence-electron chi connectivity index (χ2n) is 7.30. The molecule has 0 bridgehead atoms. The molecule has 1 aromatic heterocycles. The zero-order valence-corrected chi connectivity index (χ0v) is 16.6. The highest BCUT2D eigenvalue weighted by Gasteiger charge is 2.46. The van der Waals surface area contributed by atoms with E-state index in [4.69, 9.17) is 9.47 Å². The van der Waals surface area contributed by atoms with Crippen LogP contribution < -0.4 is 10.1 Å². The van der Waals surface area contributed by atoms with Gasteiger partial charge in [-0.2, -0.15) is 0 Å². The second kappa shape index (κ2) is 7.66. The Labute approximate surface area is 158 Å². The standard InChI is InChI=1S/C20H26N2O3S/c1-5-24-16-8-6-15(7-9-16)21-19-22-17(12-26-19)20(4)11-14(10-13(2)3)18(23)25-20/h6-9,12-14H,5,10-11H2,1-4H3,(H,21,22)/t14-,20+/m1/s1. The van der Waals surface area contributed by atoms with Crippen LogP contribution in [0.5, 0.6) is 5.75 Å². The van der Waals surface area contributed by atoms with E-state index >= 15 is 0 Å². The van der Waals surface area contributed by atoms with Crippen LogP contribution in [0, 0.1) is 11.8 Å². The summed E-state index contributed by atoms with van der Waals surface area (Å²) in [7, 11) is 0. The number of anilines is 2. The number of ether oxygens (including phenoxy) is 2. The molecule has 2 heterocycles. The summed E-state index contributed by atoms with van der Waals surface area (Å²) in [6.45, 7) is 8.83. The summed E-state index contributed by atoms with van der Waals surface area (Å²) in [6, 6.07) is 7.78. The molecule has 6 heteroatoms. The predicted molar refractivity (Wildman–Crippen MR) is 104 cm³/mol. The van der Waals surface area contributed by atoms with Crippen LogP contribution in [0.25, 0.3) is 0 Å². The summed E-state index contributed by atoms with van der Waals surface area (Å²) in [5.41, 5.74) is 1.13. The molecule has 1 fully saturated rings. The molecular formula is C20H26N2O3S. The molecule has 2 atom stereocenters. The van der Waals surface area contributed by atoms with E-state index in [9.17, 15) is 4.79 Å². The van der Waals surface area contributed by atoms with Crippen molar-refractivity contribution in [1.82, 2.24) is 4.98 Å². The van der Waals surface area contributed by atoms with E-state index in [2.05, 4.69) is 24.1 Å². The molecule has 0 aliphatic carbocycles. The molecule has 2 aromatic rings. The number of carbonyl (C=O) groups excluding carboxylic acids is 1. The molecule has 0 amide bonds. The van der Waals surface area contributed by atoms with Crippen molar-refractivity contribution >= 4 is 28.1 Å². The predicted octanol–water partition coefficient (Wildman–Crippen LogP) is 5.11. The smallest absolute Gasteiger partial charge is 0.310 e. The topological polar surface area (TPSA) is 60.5 Å². The Morgan fingerprint density at radius 2 is 2.12 bits per heavy atom. The monoisotopic (exact) mass is 374 g/mol. The second-order valence-corrected chi connectivity index (χ2v) is 8.16. The van der Waals surface area contributed by atoms with E-state index in [1.54, 1.807) is 0 Å². The largest absolute Gasteiger partial charge is 0.494 e. The van der Waals surface area contributed by atoms with Crippen LogP contribution in [0.4, 0.5) is 10.8 Å². The molecule has 0 saturated carbocycles. The van der Waals surface area contributed by atoms with Crippen molar-refractivity contribution in [3.05, 3.63) is 35.3 Å². The molecule has 0 radical (unpaired) electrons. The Balaban J connectivity index is 1.68. The number of hydrogen-bond acceptors (Lipinski definition) is 6. The number of cyclic esters (lactones) is 1. The van der Waals surface area contributed by atoms with Crippen LogP contribution in [0.1, 0.15) is 46.2 Å². The Kier molecular flexibility index (Phi) is 5.51. The van der Waals surface area contributed by atoms with Crippen molar-refractivity contribution in [1.29, 1.82) is 0 Å². The first-order chi connectivity index (χ1) is 12.4. The fraction of sp³-hybridized carbons (Fsp3) is 0.500. The van der Waals surface area contributed by atoms with E-state index in [0.29, 0.717) is 18.9 Å². The van der Waals surface area contributed by atoms with Gasteiger partial charge in [-0.25, -0.2) is 4.98 Å². The van der Waals surface area contributed by atoms with Gasteiger partial charge < -0.3 is 14.8 Å². The van der Waals surface area contributed by atoms with Gasteiger partial charge in [0.15, 0.2) is 10.7 Å². The van der Waals surface area contributed by atoms with Crippen LogP contribution >= 0.6 is 11.3 Å². The summed E-state index contributed by atoms with van der Waals surface area (Å²) in [6.07, 6.45) is 1.55. The number of nitrogens with zero attached hydrogens (tertiary/aromatic N) is 1. The molecule has 0 spiro atoms. The normalized spacial score (nSPS) is 22.5. The molecule has 3 rings (SSSR count). The van der Waals surface area contributed by atoms with Crippen molar-refractivity contribution < 1.29 is 14.3 Å². The summed E-state index contributed by atoms with van der Waals surface area (Å²) in [4.78, 5) is 16.9. The van der Waals surface area contributed by atoms with Gasteiger partial charge >= 0.3 is 5.97 Å². The van der Waals surface area contributed by atoms with Gasteiger partial charge in [0.05, 0.1) is 18.2 Å². The molecule has 0 unspecified atom stereocenters. The lowest BCUT2D eigenvalue weighted by Gasteiger charge is -2.20. The minimum atomic E-state index is -0.633. The van der Waals surface area contributed by atoms with Gasteiger partial charge in [0.25, 0.3) is 0 Å². The van der Waals surface area contributed by atoms with Gasteiger partial charge in [0.2, 0.25) is 0 Å². The molecule has 1 N–H and O–H groups in total. The van der Waals surface area contributed by atoms with Crippen molar-refractivity contribution in [2.45, 2.75) is 46.1 Å². The summed E-state index contributed by atoms with van der Waals surface area (Å²) < 4.78 is 11.2. The third-order valence-electron chi connectivity index (χ3n) is 4.51. The zero-order valence-electron chi connectivity index (χ0n) is 15.7. The van der Waals surface area contributed by atoms with Gasteiger partial charge in [-0.05, 0) is 50.5 Å². The van der Waals surface area contributed by atoms with Crippen LogP contribution in [-0.2, 0) is 15.1 Å². The lowest BCUT2D eigenvalue weighted by Crippen LogP contribution is -2.21. The number of aromatic nitrogens is 1. The Bertz CT molecular complexity index is 757. The van der Waals surface area contributed by atoms with E-state index in [-0.39, 0.29) is 11.9 Å². The number of thiazole rings is 1. The minimum absolute atomic E-state index is 0.0378. The van der Waals surface area contributed by atoms with Gasteiger partial charge in [0.1, 0.15) is 5.75 Å². The Morgan fingerprint density at radius 3 is 2.77 bits per heavy atom. The maximum atomic E-state index is 12.2. The maximum absolute atomic E-state index is 12.2. The summed E-state index contributed by atoms with van der Waals surface area (Å²) >= 11 is 1.52. The van der Waals surface area contributed by atoms with Crippen molar-refractivity contribution in [2.24, 2.45) is 11.8 Å². The quantitative estimate of drug-likeness (QED) is 0.683. The van der Waals surface area contributed by atoms with Gasteiger partial charge in [-0.1, -0.05) is 13.8 Å². The molecule has 1 saturated heterocycles. The Morgan fingerprint density at radius 1 is 1.38 bits per heavy atom. The lowest BCUT2D eigenvalue weighted by atomic mass is 9.88. The molecule has 1 aromatic carbocycles. The average Bonchev–Trinajstić information content (AvgIpc) is 3.15. The highest BCUT2D eigenvalue weighted by Crippen LogP contribution is 2.42. The first-order valence-electron chi connectivity index (χ1n) is 9.08. The van der Waals surface area contributed by atoms with Crippen LogP contribution in [0.3, 0.4) is 0 Å². The Hall–Kier alpha value is -2.08. The molecular weight excluding hydrogens is 348 g/mol.